The first kappa shape index (κ1) is 12.1. The van der Waals surface area contributed by atoms with Crippen molar-refractivity contribution in [2.24, 2.45) is 11.8 Å². The number of ether oxygens (including phenoxy) is 2. The average Bonchev–Trinajstić information content (AvgIpc) is 3.20. The van der Waals surface area contributed by atoms with Crippen LogP contribution in [0.25, 0.3) is 0 Å². The number of nitrogens with zero attached hydrogens (tertiary/aromatic N) is 2. The van der Waals surface area contributed by atoms with Crippen LogP contribution in [0.5, 0.6) is 11.8 Å². The molecule has 1 aromatic heterocycles. The molecule has 1 heterocycles. The van der Waals surface area contributed by atoms with Crippen LogP contribution in [0, 0.1) is 11.8 Å². The number of methoxy groups -OCH3 is 2. The van der Waals surface area contributed by atoms with Gasteiger partial charge < -0.3 is 14.6 Å². The van der Waals surface area contributed by atoms with Gasteiger partial charge >= 0.3 is 0 Å². The van der Waals surface area contributed by atoms with Gasteiger partial charge in [-0.05, 0) is 24.7 Å². The Morgan fingerprint density at radius 3 is 2.59 bits per heavy atom. The van der Waals surface area contributed by atoms with E-state index in [-0.39, 0.29) is 5.92 Å². The van der Waals surface area contributed by atoms with Gasteiger partial charge in [-0.1, -0.05) is 6.92 Å². The molecule has 1 saturated carbocycles. The van der Waals surface area contributed by atoms with E-state index in [4.69, 9.17) is 9.47 Å². The van der Waals surface area contributed by atoms with E-state index in [2.05, 4.69) is 9.97 Å². The maximum absolute atomic E-state index is 10.3. The molecule has 1 aromatic rings. The van der Waals surface area contributed by atoms with Crippen LogP contribution in [0.4, 0.5) is 0 Å². The molecule has 94 valence electrons. The highest BCUT2D eigenvalue weighted by Crippen LogP contribution is 2.43. The summed E-state index contributed by atoms with van der Waals surface area (Å²) < 4.78 is 10.1. The van der Waals surface area contributed by atoms with Crippen molar-refractivity contribution in [1.29, 1.82) is 0 Å². The Balaban J connectivity index is 2.23. The Bertz CT molecular complexity index is 393. The molecule has 0 amide bonds. The van der Waals surface area contributed by atoms with Crippen LogP contribution in [0.1, 0.15) is 31.6 Å². The van der Waals surface area contributed by atoms with Crippen molar-refractivity contribution in [3.63, 3.8) is 0 Å². The topological polar surface area (TPSA) is 64.5 Å². The minimum Gasteiger partial charge on any atom is -0.480 e. The first-order chi connectivity index (χ1) is 8.17. The molecule has 1 aliphatic rings. The van der Waals surface area contributed by atoms with E-state index >= 15 is 0 Å². The maximum atomic E-state index is 10.3. The second-order valence-electron chi connectivity index (χ2n) is 4.45. The number of hydrogen-bond acceptors (Lipinski definition) is 5. The third kappa shape index (κ3) is 2.49. The van der Waals surface area contributed by atoms with Gasteiger partial charge in [0.25, 0.3) is 0 Å². The predicted octanol–water partition coefficient (Wildman–Crippen LogP) is 1.57. The molecular formula is C12H18N2O3. The fourth-order valence-electron chi connectivity index (χ4n) is 1.95. The smallest absolute Gasteiger partial charge is 0.241 e. The molecule has 1 fully saturated rings. The van der Waals surface area contributed by atoms with Crippen molar-refractivity contribution >= 4 is 0 Å². The second-order valence-corrected chi connectivity index (χ2v) is 4.45. The Morgan fingerprint density at radius 2 is 2.06 bits per heavy atom. The quantitative estimate of drug-likeness (QED) is 0.843. The maximum Gasteiger partial charge on any atom is 0.241 e. The monoisotopic (exact) mass is 238 g/mol. The minimum atomic E-state index is -0.629. The van der Waals surface area contributed by atoms with E-state index in [1.807, 2.05) is 6.92 Å². The van der Waals surface area contributed by atoms with E-state index < -0.39 is 6.10 Å². The van der Waals surface area contributed by atoms with Gasteiger partial charge in [-0.15, -0.1) is 0 Å². The van der Waals surface area contributed by atoms with Crippen LogP contribution in [-0.2, 0) is 0 Å². The molecule has 0 radical (unpaired) electrons. The highest BCUT2D eigenvalue weighted by Gasteiger charge is 2.35. The summed E-state index contributed by atoms with van der Waals surface area (Å²) in [5.74, 6) is 1.51. The molecule has 1 aliphatic carbocycles. The van der Waals surface area contributed by atoms with Gasteiger partial charge in [-0.25, -0.2) is 4.98 Å². The molecule has 5 heteroatoms. The van der Waals surface area contributed by atoms with Crippen LogP contribution < -0.4 is 9.47 Å². The molecule has 5 nitrogen and oxygen atoms in total. The summed E-state index contributed by atoms with van der Waals surface area (Å²) in [6.45, 7) is 2.04. The van der Waals surface area contributed by atoms with E-state index in [1.165, 1.54) is 33.3 Å². The number of aromatic nitrogens is 2. The molecule has 0 saturated heterocycles. The third-order valence-corrected chi connectivity index (χ3v) is 3.29. The SMILES string of the molecule is COc1cnc(C(O)C(C)C2CC2)c(OC)n1. The summed E-state index contributed by atoms with van der Waals surface area (Å²) in [5.41, 5.74) is 0.493. The van der Waals surface area contributed by atoms with Crippen molar-refractivity contribution in [1.82, 2.24) is 9.97 Å². The highest BCUT2D eigenvalue weighted by atomic mass is 16.5. The molecular weight excluding hydrogens is 220 g/mol. The molecule has 0 bridgehead atoms. The van der Waals surface area contributed by atoms with Crippen molar-refractivity contribution in [3.05, 3.63) is 11.9 Å². The fourth-order valence-corrected chi connectivity index (χ4v) is 1.95. The average molecular weight is 238 g/mol. The zero-order valence-corrected chi connectivity index (χ0v) is 10.4. The fraction of sp³-hybridized carbons (Fsp3) is 0.667. The highest BCUT2D eigenvalue weighted by molar-refractivity contribution is 5.25. The minimum absolute atomic E-state index is 0.187. The predicted molar refractivity (Wildman–Crippen MR) is 62.0 cm³/mol. The lowest BCUT2D eigenvalue weighted by atomic mass is 9.97. The largest absolute Gasteiger partial charge is 0.480 e. The summed E-state index contributed by atoms with van der Waals surface area (Å²) >= 11 is 0. The Kier molecular flexibility index (Phi) is 3.47. The van der Waals surface area contributed by atoms with Gasteiger partial charge in [0.1, 0.15) is 11.8 Å². The van der Waals surface area contributed by atoms with Crippen molar-refractivity contribution in [2.45, 2.75) is 25.9 Å². The van der Waals surface area contributed by atoms with Crippen LogP contribution in [-0.4, -0.2) is 29.3 Å². The summed E-state index contributed by atoms with van der Waals surface area (Å²) in [7, 11) is 3.04. The Labute approximate surface area is 101 Å². The number of rotatable bonds is 5. The Hall–Kier alpha value is -1.36. The lowest BCUT2D eigenvalue weighted by Gasteiger charge is -2.19. The van der Waals surface area contributed by atoms with Gasteiger partial charge in [0, 0.05) is 0 Å². The first-order valence-corrected chi connectivity index (χ1v) is 5.80. The summed E-state index contributed by atoms with van der Waals surface area (Å²) in [5, 5.41) is 10.3. The normalized spacial score (nSPS) is 18.6. The molecule has 0 aromatic carbocycles. The van der Waals surface area contributed by atoms with Gasteiger partial charge in [0.2, 0.25) is 11.8 Å². The van der Waals surface area contributed by atoms with E-state index in [9.17, 15) is 5.11 Å². The van der Waals surface area contributed by atoms with E-state index in [0.717, 1.165) is 0 Å². The summed E-state index contributed by atoms with van der Waals surface area (Å²) in [6, 6.07) is 0. The number of aliphatic hydroxyl groups excluding tert-OH is 1. The van der Waals surface area contributed by atoms with Crippen LogP contribution in [0.2, 0.25) is 0 Å². The zero-order chi connectivity index (χ0) is 12.4. The molecule has 0 spiro atoms. The van der Waals surface area contributed by atoms with Crippen molar-refractivity contribution in [3.8, 4) is 11.8 Å². The molecule has 1 N–H and O–H groups in total. The summed E-state index contributed by atoms with van der Waals surface area (Å²) in [6.07, 6.45) is 3.24. The van der Waals surface area contributed by atoms with E-state index in [0.29, 0.717) is 23.4 Å². The molecule has 2 rings (SSSR count). The van der Waals surface area contributed by atoms with Crippen LogP contribution in [0.3, 0.4) is 0 Å². The molecule has 2 unspecified atom stereocenters. The van der Waals surface area contributed by atoms with Gasteiger partial charge in [-0.3, -0.25) is 0 Å². The molecule has 0 aliphatic heterocycles. The number of hydrogen-bond donors (Lipinski definition) is 1. The standard InChI is InChI=1S/C12H18N2O3/c1-7(8-4-5-8)11(15)10-12(17-3)14-9(16-2)6-13-10/h6-8,11,15H,4-5H2,1-3H3. The second kappa shape index (κ2) is 4.87. The third-order valence-electron chi connectivity index (χ3n) is 3.29. The molecule has 17 heavy (non-hydrogen) atoms. The zero-order valence-electron chi connectivity index (χ0n) is 10.4. The lowest BCUT2D eigenvalue weighted by Crippen LogP contribution is -2.14. The summed E-state index contributed by atoms with van der Waals surface area (Å²) in [4.78, 5) is 8.31. The Morgan fingerprint density at radius 1 is 1.35 bits per heavy atom. The number of aliphatic hydroxyl groups is 1. The van der Waals surface area contributed by atoms with E-state index in [1.54, 1.807) is 0 Å². The first-order valence-electron chi connectivity index (χ1n) is 5.80. The van der Waals surface area contributed by atoms with Crippen LogP contribution in [0.15, 0.2) is 6.20 Å². The lowest BCUT2D eigenvalue weighted by molar-refractivity contribution is 0.0974. The van der Waals surface area contributed by atoms with Crippen LogP contribution >= 0.6 is 0 Å². The van der Waals surface area contributed by atoms with Crippen molar-refractivity contribution in [2.75, 3.05) is 14.2 Å². The van der Waals surface area contributed by atoms with Gasteiger partial charge in [-0.2, -0.15) is 4.98 Å². The van der Waals surface area contributed by atoms with Gasteiger partial charge in [0.05, 0.1) is 20.4 Å². The van der Waals surface area contributed by atoms with Crippen molar-refractivity contribution < 1.29 is 14.6 Å². The molecule has 2 atom stereocenters. The van der Waals surface area contributed by atoms with Gasteiger partial charge in [0.15, 0.2) is 0 Å².